The third-order valence-electron chi connectivity index (χ3n) is 9.18. The van der Waals surface area contributed by atoms with Gasteiger partial charge in [0.05, 0.1) is 12.2 Å². The fourth-order valence-corrected chi connectivity index (χ4v) is 6.98. The Hall–Kier alpha value is -1.65. The van der Waals surface area contributed by atoms with Gasteiger partial charge >= 0.3 is 5.97 Å². The number of allylic oxidation sites excluding steroid dienone is 4. The number of rotatable bonds is 7. The van der Waals surface area contributed by atoms with Crippen LogP contribution in [0.3, 0.4) is 0 Å². The lowest BCUT2D eigenvalue weighted by Crippen LogP contribution is -2.35. The highest BCUT2D eigenvalue weighted by molar-refractivity contribution is 5.69. The summed E-state index contributed by atoms with van der Waals surface area (Å²) in [6.07, 6.45) is 17.5. The smallest absolute Gasteiger partial charge is 0.306 e. The lowest BCUT2D eigenvalue weighted by Gasteiger charge is -2.44. The average molecular weight is 469 g/mol. The molecule has 188 valence electrons. The maximum atomic E-state index is 11.9. The Labute approximate surface area is 205 Å². The van der Waals surface area contributed by atoms with Crippen LogP contribution in [0.4, 0.5) is 0 Å². The number of aliphatic hydroxyl groups is 2. The van der Waals surface area contributed by atoms with E-state index in [1.165, 1.54) is 31.3 Å². The van der Waals surface area contributed by atoms with Gasteiger partial charge in [0.2, 0.25) is 0 Å². The highest BCUT2D eigenvalue weighted by Gasteiger charge is 2.50. The summed E-state index contributed by atoms with van der Waals surface area (Å²) >= 11 is 0. The Morgan fingerprint density at radius 2 is 1.97 bits per heavy atom. The maximum absolute atomic E-state index is 11.9. The highest BCUT2D eigenvalue weighted by Crippen LogP contribution is 2.59. The normalized spacial score (nSPS) is 38.3. The minimum absolute atomic E-state index is 0.0531. The van der Waals surface area contributed by atoms with Crippen molar-refractivity contribution in [1.29, 1.82) is 0 Å². The third-order valence-corrected chi connectivity index (χ3v) is 9.18. The third kappa shape index (κ3) is 5.44. The summed E-state index contributed by atoms with van der Waals surface area (Å²) in [5.41, 5.74) is 3.56. The quantitative estimate of drug-likeness (QED) is 0.352. The van der Waals surface area contributed by atoms with Crippen LogP contribution in [0.5, 0.6) is 0 Å². The second-order valence-electron chi connectivity index (χ2n) is 11.6. The van der Waals surface area contributed by atoms with Crippen molar-refractivity contribution >= 4 is 5.97 Å². The van der Waals surface area contributed by atoms with Crippen LogP contribution in [0.2, 0.25) is 0 Å². The summed E-state index contributed by atoms with van der Waals surface area (Å²) in [4.78, 5) is 11.9. The van der Waals surface area contributed by atoms with Crippen LogP contribution in [0.1, 0.15) is 85.0 Å². The van der Waals surface area contributed by atoms with Crippen LogP contribution in [0.25, 0.3) is 0 Å². The first-order chi connectivity index (χ1) is 16.2. The molecule has 2 N–H and O–H groups in total. The number of fused-ring (bicyclic) bond motifs is 1. The highest BCUT2D eigenvalue weighted by atomic mass is 16.5. The first-order valence-electron chi connectivity index (χ1n) is 13.6. The van der Waals surface area contributed by atoms with Gasteiger partial charge in [-0.15, -0.1) is 0 Å². The molecular weight excluding hydrogens is 424 g/mol. The van der Waals surface area contributed by atoms with E-state index in [0.717, 1.165) is 30.4 Å². The first-order valence-corrected chi connectivity index (χ1v) is 13.6. The molecular formula is C30H44O4. The standard InChI is InChI=1S/C30H44O4/c1-5-29(33)34-28(22-10-11-22)15-8-19(2)25-13-14-26-21(7-6-16-30(25,26)4)9-12-23-17-24(31)18-27(32)20(23)3/h8-9,12,15,19,22,24-28,31-32H,3,5-7,10-11,13-14,16-18H2,1-2,4H3/b15-8+,21-9+,23-12-/t19-,24?,25-,26+,27+,28?,30-/m1/s1. The molecule has 0 spiro atoms. The van der Waals surface area contributed by atoms with E-state index in [9.17, 15) is 15.0 Å². The van der Waals surface area contributed by atoms with Gasteiger partial charge in [-0.2, -0.15) is 0 Å². The molecule has 4 aliphatic carbocycles. The molecule has 4 aliphatic rings. The molecule has 0 saturated heterocycles. The SMILES string of the molecule is C=C1/C(=C\C=C2/CCC[C@]3(C)[C@@H]([C@H](C)/C=C/C(OC(=O)CC)C4CC4)CC[C@@H]23)CC(O)C[C@@H]1O. The van der Waals surface area contributed by atoms with Gasteiger partial charge in [0.1, 0.15) is 6.10 Å². The Balaban J connectivity index is 1.46. The lowest BCUT2D eigenvalue weighted by molar-refractivity contribution is -0.147. The summed E-state index contributed by atoms with van der Waals surface area (Å²) in [7, 11) is 0. The largest absolute Gasteiger partial charge is 0.458 e. The van der Waals surface area contributed by atoms with Gasteiger partial charge < -0.3 is 14.9 Å². The molecule has 0 aliphatic heterocycles. The molecule has 0 aromatic carbocycles. The number of hydrogen-bond acceptors (Lipinski definition) is 4. The van der Waals surface area contributed by atoms with Gasteiger partial charge in [-0.05, 0) is 97.7 Å². The van der Waals surface area contributed by atoms with Gasteiger partial charge in [0.15, 0.2) is 0 Å². The van der Waals surface area contributed by atoms with Crippen molar-refractivity contribution in [3.8, 4) is 0 Å². The van der Waals surface area contributed by atoms with E-state index >= 15 is 0 Å². The van der Waals surface area contributed by atoms with E-state index in [1.54, 1.807) is 0 Å². The second kappa shape index (κ2) is 10.5. The molecule has 4 nitrogen and oxygen atoms in total. The van der Waals surface area contributed by atoms with Crippen LogP contribution in [-0.4, -0.2) is 34.5 Å². The van der Waals surface area contributed by atoms with E-state index in [-0.39, 0.29) is 17.5 Å². The predicted molar refractivity (Wildman–Crippen MR) is 136 cm³/mol. The second-order valence-corrected chi connectivity index (χ2v) is 11.6. The fraction of sp³-hybridized carbons (Fsp3) is 0.700. The van der Waals surface area contributed by atoms with Crippen LogP contribution in [0.15, 0.2) is 47.6 Å². The van der Waals surface area contributed by atoms with Crippen LogP contribution >= 0.6 is 0 Å². The van der Waals surface area contributed by atoms with E-state index < -0.39 is 12.2 Å². The van der Waals surface area contributed by atoms with Crippen molar-refractivity contribution in [3.05, 3.63) is 47.6 Å². The number of hydrogen-bond donors (Lipinski definition) is 2. The van der Waals surface area contributed by atoms with Crippen molar-refractivity contribution < 1.29 is 19.7 Å². The fourth-order valence-electron chi connectivity index (χ4n) is 6.98. The van der Waals surface area contributed by atoms with Gasteiger partial charge in [-0.1, -0.05) is 51.2 Å². The minimum atomic E-state index is -0.635. The van der Waals surface area contributed by atoms with Gasteiger partial charge in [-0.25, -0.2) is 0 Å². The topological polar surface area (TPSA) is 66.8 Å². The Bertz CT molecular complexity index is 863. The van der Waals surface area contributed by atoms with Gasteiger partial charge in [0.25, 0.3) is 0 Å². The van der Waals surface area contributed by atoms with E-state index in [0.29, 0.717) is 42.9 Å². The van der Waals surface area contributed by atoms with Crippen LogP contribution in [-0.2, 0) is 9.53 Å². The lowest BCUT2D eigenvalue weighted by atomic mass is 9.61. The summed E-state index contributed by atoms with van der Waals surface area (Å²) in [6, 6.07) is 0. The predicted octanol–water partition coefficient (Wildman–Crippen LogP) is 6.05. The van der Waals surface area contributed by atoms with Crippen LogP contribution in [0, 0.1) is 29.1 Å². The monoisotopic (exact) mass is 468 g/mol. The van der Waals surface area contributed by atoms with Gasteiger partial charge in [-0.3, -0.25) is 4.79 Å². The molecule has 34 heavy (non-hydrogen) atoms. The summed E-state index contributed by atoms with van der Waals surface area (Å²) in [5, 5.41) is 20.3. The average Bonchev–Trinajstić information content (AvgIpc) is 3.58. The summed E-state index contributed by atoms with van der Waals surface area (Å²) < 4.78 is 5.71. The van der Waals surface area contributed by atoms with Gasteiger partial charge in [0, 0.05) is 12.8 Å². The molecule has 0 bridgehead atoms. The molecule has 7 atom stereocenters. The number of esters is 1. The molecule has 4 saturated carbocycles. The Kier molecular flexibility index (Phi) is 7.89. The zero-order valence-electron chi connectivity index (χ0n) is 21.3. The summed E-state index contributed by atoms with van der Waals surface area (Å²) in [5.74, 6) is 2.08. The summed E-state index contributed by atoms with van der Waals surface area (Å²) in [6.45, 7) is 10.8. The van der Waals surface area contributed by atoms with Crippen molar-refractivity contribution in [1.82, 2.24) is 0 Å². The number of carbonyl (C=O) groups excluding carboxylic acids is 1. The Morgan fingerprint density at radius 1 is 1.21 bits per heavy atom. The van der Waals surface area contributed by atoms with Crippen molar-refractivity contribution in [2.24, 2.45) is 29.1 Å². The van der Waals surface area contributed by atoms with E-state index in [1.807, 2.05) is 6.92 Å². The molecule has 0 aromatic heterocycles. The number of carbonyl (C=O) groups is 1. The zero-order valence-corrected chi connectivity index (χ0v) is 21.3. The molecule has 0 aromatic rings. The maximum Gasteiger partial charge on any atom is 0.306 e. The Morgan fingerprint density at radius 3 is 2.68 bits per heavy atom. The number of ether oxygens (including phenoxy) is 1. The van der Waals surface area contributed by atoms with E-state index in [4.69, 9.17) is 4.74 Å². The van der Waals surface area contributed by atoms with Crippen molar-refractivity contribution in [2.75, 3.05) is 0 Å². The van der Waals surface area contributed by atoms with Crippen molar-refractivity contribution in [3.63, 3.8) is 0 Å². The number of aliphatic hydroxyl groups excluding tert-OH is 2. The zero-order chi connectivity index (χ0) is 24.5. The molecule has 2 unspecified atom stereocenters. The van der Waals surface area contributed by atoms with E-state index in [2.05, 4.69) is 44.7 Å². The van der Waals surface area contributed by atoms with Crippen molar-refractivity contribution in [2.45, 2.75) is 103 Å². The van der Waals surface area contributed by atoms with Crippen LogP contribution < -0.4 is 0 Å². The molecule has 4 fully saturated rings. The molecule has 0 heterocycles. The first kappa shape index (κ1) is 25.4. The minimum Gasteiger partial charge on any atom is -0.458 e. The molecule has 0 amide bonds. The molecule has 4 rings (SSSR count). The molecule has 4 heteroatoms. The molecule has 0 radical (unpaired) electrons.